The van der Waals surface area contributed by atoms with Crippen LogP contribution >= 0.6 is 11.6 Å². The highest BCUT2D eigenvalue weighted by Crippen LogP contribution is 2.36. The van der Waals surface area contributed by atoms with Crippen LogP contribution in [0, 0.1) is 0 Å². The Bertz CT molecular complexity index is 915. The summed E-state index contributed by atoms with van der Waals surface area (Å²) in [5, 5.41) is 9.21. The highest BCUT2D eigenvalue weighted by Gasteiger charge is 2.35. The summed E-state index contributed by atoms with van der Waals surface area (Å²) < 4.78 is 25.1. The minimum absolute atomic E-state index is 0.00178. The zero-order valence-corrected chi connectivity index (χ0v) is 11.9. The third-order valence-corrected chi connectivity index (χ3v) is 5.33. The first-order valence-corrected chi connectivity index (χ1v) is 7.65. The number of carbonyl (C=O) groups is 2. The Morgan fingerprint density at radius 2 is 1.71 bits per heavy atom. The van der Waals surface area contributed by atoms with Crippen molar-refractivity contribution in [1.29, 1.82) is 0 Å². The lowest BCUT2D eigenvalue weighted by Crippen LogP contribution is -2.20. The highest BCUT2D eigenvalue weighted by molar-refractivity contribution is 7.91. The number of halogens is 1. The van der Waals surface area contributed by atoms with Crippen molar-refractivity contribution in [3.05, 3.63) is 58.1 Å². The second kappa shape index (κ2) is 4.41. The smallest absolute Gasteiger partial charge is 0.335 e. The molecule has 21 heavy (non-hydrogen) atoms. The molecule has 7 heteroatoms. The summed E-state index contributed by atoms with van der Waals surface area (Å²) >= 11 is 5.80. The summed E-state index contributed by atoms with van der Waals surface area (Å²) in [5.41, 5.74) is -0.240. The standard InChI is InChI=1S/C14H7ClO5S/c15-8-2-4-11-10(6-8)13(16)9-3-1-7(14(17)18)5-12(9)21(11,19)20/h1-6H,(H,17,18). The molecule has 0 unspecified atom stereocenters. The fourth-order valence-corrected chi connectivity index (χ4v) is 4.07. The first-order chi connectivity index (χ1) is 9.82. The summed E-state index contributed by atoms with van der Waals surface area (Å²) in [6, 6.07) is 7.33. The molecule has 0 amide bonds. The van der Waals surface area contributed by atoms with Crippen LogP contribution in [0.5, 0.6) is 0 Å². The Kier molecular flexibility index (Phi) is 2.89. The second-order valence-electron chi connectivity index (χ2n) is 4.49. The van der Waals surface area contributed by atoms with Crippen molar-refractivity contribution >= 4 is 33.2 Å². The highest BCUT2D eigenvalue weighted by atomic mass is 35.5. The van der Waals surface area contributed by atoms with Gasteiger partial charge in [0.05, 0.1) is 15.4 Å². The quantitative estimate of drug-likeness (QED) is 0.743. The van der Waals surface area contributed by atoms with Crippen molar-refractivity contribution in [2.75, 3.05) is 0 Å². The molecule has 2 aromatic rings. The van der Waals surface area contributed by atoms with E-state index in [2.05, 4.69) is 0 Å². The number of sulfone groups is 1. The van der Waals surface area contributed by atoms with Gasteiger partial charge in [0.15, 0.2) is 5.78 Å². The molecule has 106 valence electrons. The van der Waals surface area contributed by atoms with E-state index in [4.69, 9.17) is 16.7 Å². The molecular weight excluding hydrogens is 316 g/mol. The van der Waals surface area contributed by atoms with Crippen LogP contribution in [0.15, 0.2) is 46.2 Å². The maximum Gasteiger partial charge on any atom is 0.335 e. The zero-order chi connectivity index (χ0) is 15.4. The van der Waals surface area contributed by atoms with E-state index in [0.29, 0.717) is 0 Å². The number of ketones is 1. The SMILES string of the molecule is O=C(O)c1ccc2c(c1)S(=O)(=O)c1ccc(Cl)cc1C2=O. The molecule has 0 radical (unpaired) electrons. The molecule has 5 nitrogen and oxygen atoms in total. The molecule has 0 spiro atoms. The van der Waals surface area contributed by atoms with Crippen LogP contribution in [0.2, 0.25) is 5.02 Å². The van der Waals surface area contributed by atoms with Gasteiger partial charge in [-0.25, -0.2) is 13.2 Å². The van der Waals surface area contributed by atoms with Gasteiger partial charge in [-0.05, 0) is 36.4 Å². The van der Waals surface area contributed by atoms with Crippen molar-refractivity contribution in [2.24, 2.45) is 0 Å². The number of rotatable bonds is 1. The van der Waals surface area contributed by atoms with Crippen molar-refractivity contribution in [3.63, 3.8) is 0 Å². The number of benzene rings is 2. The first kappa shape index (κ1) is 13.8. The maximum atomic E-state index is 12.5. The summed E-state index contributed by atoms with van der Waals surface area (Å²) in [6.45, 7) is 0. The summed E-state index contributed by atoms with van der Waals surface area (Å²) in [5.74, 6) is -1.75. The van der Waals surface area contributed by atoms with Crippen molar-refractivity contribution in [2.45, 2.75) is 9.79 Å². The predicted molar refractivity (Wildman–Crippen MR) is 73.7 cm³/mol. The average Bonchev–Trinajstić information content (AvgIpc) is 2.44. The number of hydrogen-bond acceptors (Lipinski definition) is 4. The normalized spacial score (nSPS) is 15.2. The largest absolute Gasteiger partial charge is 0.478 e. The van der Waals surface area contributed by atoms with Crippen LogP contribution in [-0.2, 0) is 9.84 Å². The Morgan fingerprint density at radius 1 is 1.00 bits per heavy atom. The van der Waals surface area contributed by atoms with Gasteiger partial charge in [-0.2, -0.15) is 0 Å². The summed E-state index contributed by atoms with van der Waals surface area (Å²) in [4.78, 5) is 22.9. The Balaban J connectivity index is 2.37. The minimum Gasteiger partial charge on any atom is -0.478 e. The Hall–Kier alpha value is -2.18. The van der Waals surface area contributed by atoms with Gasteiger partial charge in [0, 0.05) is 16.1 Å². The summed E-state index contributed by atoms with van der Waals surface area (Å²) in [6.07, 6.45) is 0. The van der Waals surface area contributed by atoms with Crippen LogP contribution < -0.4 is 0 Å². The van der Waals surface area contributed by atoms with Gasteiger partial charge >= 0.3 is 5.97 Å². The van der Waals surface area contributed by atoms with Crippen molar-refractivity contribution in [3.8, 4) is 0 Å². The van der Waals surface area contributed by atoms with Crippen LogP contribution in [0.3, 0.4) is 0 Å². The molecule has 0 aromatic heterocycles. The fraction of sp³-hybridized carbons (Fsp3) is 0. The molecule has 1 aliphatic heterocycles. The molecule has 3 rings (SSSR count). The van der Waals surface area contributed by atoms with Crippen molar-refractivity contribution in [1.82, 2.24) is 0 Å². The second-order valence-corrected chi connectivity index (χ2v) is 6.81. The molecule has 2 aromatic carbocycles. The Morgan fingerprint density at radius 3 is 2.38 bits per heavy atom. The van der Waals surface area contributed by atoms with Gasteiger partial charge in [0.2, 0.25) is 9.84 Å². The van der Waals surface area contributed by atoms with E-state index in [-0.39, 0.29) is 31.5 Å². The molecule has 0 saturated heterocycles. The zero-order valence-electron chi connectivity index (χ0n) is 10.3. The fourth-order valence-electron chi connectivity index (χ4n) is 2.24. The molecule has 0 saturated carbocycles. The summed E-state index contributed by atoms with van der Waals surface area (Å²) in [7, 11) is -3.95. The van der Waals surface area contributed by atoms with Gasteiger partial charge in [0.25, 0.3) is 0 Å². The number of carboxylic acids is 1. The molecule has 1 aliphatic rings. The van der Waals surface area contributed by atoms with Gasteiger partial charge in [-0.1, -0.05) is 11.6 Å². The lowest BCUT2D eigenvalue weighted by Gasteiger charge is -2.19. The average molecular weight is 323 g/mol. The molecule has 0 bridgehead atoms. The van der Waals surface area contributed by atoms with Gasteiger partial charge in [0.1, 0.15) is 0 Å². The van der Waals surface area contributed by atoms with E-state index in [1.165, 1.54) is 30.3 Å². The molecule has 1 N–H and O–H groups in total. The lowest BCUT2D eigenvalue weighted by molar-refractivity contribution is 0.0696. The number of aromatic carboxylic acids is 1. The van der Waals surface area contributed by atoms with Gasteiger partial charge < -0.3 is 5.11 Å². The van der Waals surface area contributed by atoms with E-state index in [0.717, 1.165) is 6.07 Å². The topological polar surface area (TPSA) is 88.5 Å². The Labute approximate surface area is 124 Å². The van der Waals surface area contributed by atoms with Crippen molar-refractivity contribution < 1.29 is 23.1 Å². The van der Waals surface area contributed by atoms with E-state index in [1.807, 2.05) is 0 Å². The molecule has 1 heterocycles. The van der Waals surface area contributed by atoms with E-state index >= 15 is 0 Å². The van der Waals surface area contributed by atoms with Crippen LogP contribution in [0.1, 0.15) is 26.3 Å². The molecular formula is C14H7ClO5S. The van der Waals surface area contributed by atoms with Gasteiger partial charge in [-0.3, -0.25) is 4.79 Å². The number of carboxylic acid groups (broad SMARTS) is 1. The number of carbonyl (C=O) groups excluding carboxylic acids is 1. The lowest BCUT2D eigenvalue weighted by atomic mass is 10.0. The van der Waals surface area contributed by atoms with E-state index < -0.39 is 21.6 Å². The third kappa shape index (κ3) is 1.95. The van der Waals surface area contributed by atoms with Crippen LogP contribution in [0.25, 0.3) is 0 Å². The maximum absolute atomic E-state index is 12.5. The minimum atomic E-state index is -3.95. The monoisotopic (exact) mass is 322 g/mol. The molecule has 0 aliphatic carbocycles. The van der Waals surface area contributed by atoms with Crippen LogP contribution in [0.4, 0.5) is 0 Å². The van der Waals surface area contributed by atoms with Crippen LogP contribution in [-0.4, -0.2) is 25.3 Å². The number of fused-ring (bicyclic) bond motifs is 2. The molecule has 0 fully saturated rings. The third-order valence-electron chi connectivity index (χ3n) is 3.24. The predicted octanol–water partition coefficient (Wildman–Crippen LogP) is 2.42. The molecule has 0 atom stereocenters. The number of hydrogen-bond donors (Lipinski definition) is 1. The van der Waals surface area contributed by atoms with E-state index in [1.54, 1.807) is 0 Å². The van der Waals surface area contributed by atoms with E-state index in [9.17, 15) is 18.0 Å². The first-order valence-electron chi connectivity index (χ1n) is 5.79. The van der Waals surface area contributed by atoms with Gasteiger partial charge in [-0.15, -0.1) is 0 Å².